The molecule has 0 saturated carbocycles. The predicted molar refractivity (Wildman–Crippen MR) is 54.9 cm³/mol. The first-order valence-corrected chi connectivity index (χ1v) is 4.54. The summed E-state index contributed by atoms with van der Waals surface area (Å²) >= 11 is 0. The van der Waals surface area contributed by atoms with Gasteiger partial charge < -0.3 is 4.42 Å². The predicted octanol–water partition coefficient (Wildman–Crippen LogP) is 3.73. The smallest absolute Gasteiger partial charge is 0.0984 e. The van der Waals surface area contributed by atoms with Gasteiger partial charge in [0.2, 0.25) is 0 Å². The fourth-order valence-electron chi connectivity index (χ4n) is 1.65. The van der Waals surface area contributed by atoms with Gasteiger partial charge in [0, 0.05) is 10.8 Å². The van der Waals surface area contributed by atoms with Gasteiger partial charge in [-0.25, -0.2) is 0 Å². The summed E-state index contributed by atoms with van der Waals surface area (Å²) in [5.74, 6) is 0. The fourth-order valence-corrected chi connectivity index (χ4v) is 1.65. The third-order valence-electron chi connectivity index (χ3n) is 2.33. The van der Waals surface area contributed by atoms with Crippen molar-refractivity contribution in [3.8, 4) is 0 Å². The van der Waals surface area contributed by atoms with E-state index in [1.807, 2.05) is 6.26 Å². The monoisotopic (exact) mass is 174 g/mol. The van der Waals surface area contributed by atoms with E-state index in [0.717, 1.165) is 0 Å². The molecule has 0 spiro atoms. The number of hydrogen-bond donors (Lipinski definition) is 0. The van der Waals surface area contributed by atoms with Crippen molar-refractivity contribution in [2.75, 3.05) is 0 Å². The van der Waals surface area contributed by atoms with Gasteiger partial charge in [-0.05, 0) is 11.0 Å². The molecule has 1 nitrogen and oxygen atoms in total. The second-order valence-corrected chi connectivity index (χ2v) is 4.43. The highest BCUT2D eigenvalue weighted by molar-refractivity contribution is 5.85. The summed E-state index contributed by atoms with van der Waals surface area (Å²) in [5.41, 5.74) is 1.53. The lowest BCUT2D eigenvalue weighted by molar-refractivity contribution is 0.568. The third kappa shape index (κ3) is 1.35. The van der Waals surface area contributed by atoms with Crippen LogP contribution in [0.4, 0.5) is 0 Å². The highest BCUT2D eigenvalue weighted by Crippen LogP contribution is 2.30. The molecule has 0 fully saturated rings. The Kier molecular flexibility index (Phi) is 1.69. The van der Waals surface area contributed by atoms with Gasteiger partial charge in [-0.1, -0.05) is 39.0 Å². The molecule has 68 valence electrons. The quantitative estimate of drug-likeness (QED) is 0.593. The van der Waals surface area contributed by atoms with E-state index in [4.69, 9.17) is 4.42 Å². The van der Waals surface area contributed by atoms with Gasteiger partial charge in [-0.15, -0.1) is 0 Å². The molecule has 0 atom stereocenters. The van der Waals surface area contributed by atoms with Gasteiger partial charge in [0.15, 0.2) is 0 Å². The van der Waals surface area contributed by atoms with Crippen LogP contribution in [0.2, 0.25) is 0 Å². The minimum atomic E-state index is 0.184. The van der Waals surface area contributed by atoms with Gasteiger partial charge >= 0.3 is 0 Å². The van der Waals surface area contributed by atoms with Crippen LogP contribution in [-0.4, -0.2) is 0 Å². The Morgan fingerprint density at radius 1 is 1.08 bits per heavy atom. The molecule has 0 aliphatic rings. The number of fused-ring (bicyclic) bond motifs is 1. The second-order valence-electron chi connectivity index (χ2n) is 4.43. The Hall–Kier alpha value is -1.24. The molecular formula is C12H14O. The first-order valence-electron chi connectivity index (χ1n) is 4.54. The summed E-state index contributed by atoms with van der Waals surface area (Å²) in [4.78, 5) is 0. The first-order chi connectivity index (χ1) is 6.09. The lowest BCUT2D eigenvalue weighted by atomic mass is 9.85. The Bertz CT molecular complexity index is 418. The largest absolute Gasteiger partial charge is 0.471 e. The molecule has 0 N–H and O–H groups in total. The molecule has 1 heteroatoms. The van der Waals surface area contributed by atoms with Crippen molar-refractivity contribution in [1.29, 1.82) is 0 Å². The summed E-state index contributed by atoms with van der Waals surface area (Å²) < 4.78 is 5.20. The van der Waals surface area contributed by atoms with E-state index in [2.05, 4.69) is 39.0 Å². The Morgan fingerprint density at radius 2 is 1.85 bits per heavy atom. The van der Waals surface area contributed by atoms with Crippen LogP contribution in [0.5, 0.6) is 0 Å². The number of hydrogen-bond acceptors (Lipinski definition) is 1. The Balaban J connectivity index is 2.75. The first kappa shape index (κ1) is 8.36. The Morgan fingerprint density at radius 3 is 2.54 bits per heavy atom. The molecule has 0 saturated heterocycles. The number of furan rings is 1. The van der Waals surface area contributed by atoms with Crippen LogP contribution < -0.4 is 0 Å². The maximum atomic E-state index is 5.20. The summed E-state index contributed by atoms with van der Waals surface area (Å²) in [6.45, 7) is 6.65. The summed E-state index contributed by atoms with van der Waals surface area (Å²) in [7, 11) is 0. The van der Waals surface area contributed by atoms with E-state index in [-0.39, 0.29) is 5.41 Å². The standard InChI is InChI=1S/C12H14O/c1-12(2,3)11-6-4-5-9-7-13-8-10(9)11/h4-8H,1-3H3. The summed E-state index contributed by atoms with van der Waals surface area (Å²) in [6, 6.07) is 6.32. The van der Waals surface area contributed by atoms with Crippen molar-refractivity contribution in [1.82, 2.24) is 0 Å². The van der Waals surface area contributed by atoms with Gasteiger partial charge in [-0.2, -0.15) is 0 Å². The van der Waals surface area contributed by atoms with Gasteiger partial charge in [0.05, 0.1) is 12.5 Å². The molecule has 2 rings (SSSR count). The van der Waals surface area contributed by atoms with Crippen molar-refractivity contribution in [3.05, 3.63) is 36.3 Å². The van der Waals surface area contributed by atoms with Gasteiger partial charge in [0.1, 0.15) is 0 Å². The van der Waals surface area contributed by atoms with Crippen LogP contribution in [-0.2, 0) is 5.41 Å². The molecule has 0 bridgehead atoms. The highest BCUT2D eigenvalue weighted by Gasteiger charge is 2.16. The minimum absolute atomic E-state index is 0.184. The van der Waals surface area contributed by atoms with E-state index in [1.54, 1.807) is 6.26 Å². The van der Waals surface area contributed by atoms with Crippen molar-refractivity contribution in [3.63, 3.8) is 0 Å². The van der Waals surface area contributed by atoms with E-state index in [0.29, 0.717) is 0 Å². The molecule has 13 heavy (non-hydrogen) atoms. The molecule has 0 amide bonds. The van der Waals surface area contributed by atoms with E-state index < -0.39 is 0 Å². The van der Waals surface area contributed by atoms with E-state index in [1.165, 1.54) is 16.3 Å². The molecule has 0 unspecified atom stereocenters. The van der Waals surface area contributed by atoms with Crippen LogP contribution in [0.3, 0.4) is 0 Å². The van der Waals surface area contributed by atoms with Crippen LogP contribution in [0.15, 0.2) is 35.1 Å². The van der Waals surface area contributed by atoms with Crippen LogP contribution in [0, 0.1) is 0 Å². The van der Waals surface area contributed by atoms with Crippen molar-refractivity contribution < 1.29 is 4.42 Å². The molecule has 0 radical (unpaired) electrons. The topological polar surface area (TPSA) is 13.1 Å². The fraction of sp³-hybridized carbons (Fsp3) is 0.333. The molecule has 1 aromatic heterocycles. The van der Waals surface area contributed by atoms with Crippen molar-refractivity contribution in [2.24, 2.45) is 0 Å². The molecule has 2 aromatic rings. The van der Waals surface area contributed by atoms with E-state index in [9.17, 15) is 0 Å². The average molecular weight is 174 g/mol. The van der Waals surface area contributed by atoms with Crippen LogP contribution >= 0.6 is 0 Å². The molecule has 1 aromatic carbocycles. The molecular weight excluding hydrogens is 160 g/mol. The van der Waals surface area contributed by atoms with Gasteiger partial charge in [-0.3, -0.25) is 0 Å². The second kappa shape index (κ2) is 2.63. The molecule has 0 aliphatic carbocycles. The van der Waals surface area contributed by atoms with Crippen molar-refractivity contribution >= 4 is 10.8 Å². The SMILES string of the molecule is CC(C)(C)c1cccc2cocc12. The van der Waals surface area contributed by atoms with Crippen molar-refractivity contribution in [2.45, 2.75) is 26.2 Å². The third-order valence-corrected chi connectivity index (χ3v) is 2.33. The lowest BCUT2D eigenvalue weighted by Crippen LogP contribution is -2.10. The average Bonchev–Trinajstić information content (AvgIpc) is 2.48. The Labute approximate surface area is 78.4 Å². The van der Waals surface area contributed by atoms with Gasteiger partial charge in [0.25, 0.3) is 0 Å². The maximum Gasteiger partial charge on any atom is 0.0984 e. The highest BCUT2D eigenvalue weighted by atomic mass is 16.3. The normalized spacial score (nSPS) is 12.2. The lowest BCUT2D eigenvalue weighted by Gasteiger charge is -2.19. The summed E-state index contributed by atoms with van der Waals surface area (Å²) in [5, 5.41) is 2.42. The zero-order chi connectivity index (χ0) is 9.47. The molecule has 0 aliphatic heterocycles. The minimum Gasteiger partial charge on any atom is -0.471 e. The van der Waals surface area contributed by atoms with Crippen LogP contribution in [0.25, 0.3) is 10.8 Å². The van der Waals surface area contributed by atoms with Crippen LogP contribution in [0.1, 0.15) is 26.3 Å². The zero-order valence-electron chi connectivity index (χ0n) is 8.29. The summed E-state index contributed by atoms with van der Waals surface area (Å²) in [6.07, 6.45) is 3.63. The number of rotatable bonds is 0. The van der Waals surface area contributed by atoms with E-state index >= 15 is 0 Å². The zero-order valence-corrected chi connectivity index (χ0v) is 8.29. The maximum absolute atomic E-state index is 5.20. The number of benzene rings is 1. The molecule has 1 heterocycles.